The minimum absolute atomic E-state index is 0.0219. The average Bonchev–Trinajstić information content (AvgIpc) is 2.79. The third kappa shape index (κ3) is 7.82. The van der Waals surface area contributed by atoms with Crippen LogP contribution in [-0.2, 0) is 11.3 Å². The lowest BCUT2D eigenvalue weighted by molar-refractivity contribution is -0.116. The monoisotopic (exact) mass is 456 g/mol. The van der Waals surface area contributed by atoms with Gasteiger partial charge in [-0.25, -0.2) is 0 Å². The van der Waals surface area contributed by atoms with Crippen molar-refractivity contribution >= 4 is 17.5 Å². The number of carbonyl (C=O) groups excluding carboxylic acids is 2. The van der Waals surface area contributed by atoms with Crippen molar-refractivity contribution < 1.29 is 9.59 Å². The molecule has 0 atom stereocenters. The van der Waals surface area contributed by atoms with E-state index in [9.17, 15) is 9.59 Å². The molecule has 0 bridgehead atoms. The zero-order valence-electron chi connectivity index (χ0n) is 21.1. The highest BCUT2D eigenvalue weighted by Crippen LogP contribution is 2.26. The second kappa shape index (κ2) is 13.1. The first kappa shape index (κ1) is 25.7. The number of nitrogens with zero attached hydrogens (tertiary/aromatic N) is 3. The lowest BCUT2D eigenvalue weighted by atomic mass is 10.0. The summed E-state index contributed by atoms with van der Waals surface area (Å²) >= 11 is 0. The molecule has 2 aliphatic rings. The standard InChI is InChI=1S/C27H44N4O2/c1-22(2)30-17-10-5-4-6-11-18-31(23(3)32)26-13-12-24(20-25(26)21-30)27(33)28-14-19-29-15-8-7-9-16-29/h12-13,20,22H,4-11,14-19,21H2,1-3H3,(H,28,33). The maximum Gasteiger partial charge on any atom is 0.251 e. The van der Waals surface area contributed by atoms with Crippen LogP contribution in [0.2, 0.25) is 0 Å². The summed E-state index contributed by atoms with van der Waals surface area (Å²) in [6.45, 7) is 12.5. The number of amides is 2. The summed E-state index contributed by atoms with van der Waals surface area (Å²) < 4.78 is 0. The van der Waals surface area contributed by atoms with E-state index in [-0.39, 0.29) is 11.8 Å². The average molecular weight is 457 g/mol. The number of likely N-dealkylation sites (tertiary alicyclic amines) is 1. The summed E-state index contributed by atoms with van der Waals surface area (Å²) in [5.41, 5.74) is 2.72. The van der Waals surface area contributed by atoms with Crippen LogP contribution in [0.25, 0.3) is 0 Å². The predicted octanol–water partition coefficient (Wildman–Crippen LogP) is 4.43. The molecule has 6 heteroatoms. The lowest BCUT2D eigenvalue weighted by Crippen LogP contribution is -2.38. The van der Waals surface area contributed by atoms with E-state index in [1.54, 1.807) is 6.92 Å². The Balaban J connectivity index is 1.78. The zero-order valence-corrected chi connectivity index (χ0v) is 21.1. The summed E-state index contributed by atoms with van der Waals surface area (Å²) in [5, 5.41) is 3.11. The molecule has 0 saturated carbocycles. The van der Waals surface area contributed by atoms with Crippen molar-refractivity contribution in [2.24, 2.45) is 0 Å². The van der Waals surface area contributed by atoms with Gasteiger partial charge in [-0.1, -0.05) is 25.7 Å². The Kier molecular flexibility index (Phi) is 10.2. The Bertz CT molecular complexity index is 773. The van der Waals surface area contributed by atoms with Gasteiger partial charge in [0.1, 0.15) is 0 Å². The van der Waals surface area contributed by atoms with Gasteiger partial charge < -0.3 is 15.1 Å². The Hall–Kier alpha value is -1.92. The Labute approximate surface area is 200 Å². The first-order valence-electron chi connectivity index (χ1n) is 13.1. The van der Waals surface area contributed by atoms with Gasteiger partial charge in [-0.3, -0.25) is 14.5 Å². The van der Waals surface area contributed by atoms with Crippen LogP contribution < -0.4 is 10.2 Å². The first-order chi connectivity index (χ1) is 16.0. The van der Waals surface area contributed by atoms with Crippen LogP contribution in [-0.4, -0.2) is 66.9 Å². The van der Waals surface area contributed by atoms with E-state index in [0.29, 0.717) is 18.2 Å². The van der Waals surface area contributed by atoms with Gasteiger partial charge in [0.15, 0.2) is 0 Å². The van der Waals surface area contributed by atoms with E-state index in [0.717, 1.165) is 63.4 Å². The summed E-state index contributed by atoms with van der Waals surface area (Å²) in [5.74, 6) is 0.0505. The molecule has 1 aromatic carbocycles. The van der Waals surface area contributed by atoms with E-state index < -0.39 is 0 Å². The highest BCUT2D eigenvalue weighted by molar-refractivity contribution is 5.97. The summed E-state index contributed by atoms with van der Waals surface area (Å²) in [6, 6.07) is 6.30. The first-order valence-corrected chi connectivity index (χ1v) is 13.1. The molecule has 1 N–H and O–H groups in total. The molecule has 2 amide bonds. The van der Waals surface area contributed by atoms with Gasteiger partial charge in [-0.05, 0) is 82.9 Å². The van der Waals surface area contributed by atoms with Crippen LogP contribution in [0.5, 0.6) is 0 Å². The molecule has 0 aromatic heterocycles. The largest absolute Gasteiger partial charge is 0.351 e. The molecular weight excluding hydrogens is 412 g/mol. The minimum atomic E-state index is -0.0219. The van der Waals surface area contributed by atoms with Gasteiger partial charge in [-0.15, -0.1) is 0 Å². The Morgan fingerprint density at radius 1 is 0.909 bits per heavy atom. The number of rotatable bonds is 5. The fraction of sp³-hybridized carbons (Fsp3) is 0.704. The maximum absolute atomic E-state index is 13.0. The van der Waals surface area contributed by atoms with Crippen molar-refractivity contribution in [3.05, 3.63) is 29.3 Å². The second-order valence-corrected chi connectivity index (χ2v) is 10.0. The third-order valence-electron chi connectivity index (χ3n) is 7.11. The highest BCUT2D eigenvalue weighted by atomic mass is 16.2. The predicted molar refractivity (Wildman–Crippen MR) is 136 cm³/mol. The van der Waals surface area contributed by atoms with Gasteiger partial charge in [0.2, 0.25) is 5.91 Å². The Morgan fingerprint density at radius 2 is 1.55 bits per heavy atom. The summed E-state index contributed by atoms with van der Waals surface area (Å²) in [7, 11) is 0. The van der Waals surface area contributed by atoms with Crippen LogP contribution in [0.1, 0.15) is 88.1 Å². The minimum Gasteiger partial charge on any atom is -0.351 e. The van der Waals surface area contributed by atoms with Gasteiger partial charge in [-0.2, -0.15) is 0 Å². The van der Waals surface area contributed by atoms with Crippen molar-refractivity contribution in [2.75, 3.05) is 44.2 Å². The van der Waals surface area contributed by atoms with Crippen LogP contribution in [0.4, 0.5) is 5.69 Å². The molecular formula is C27H44N4O2. The summed E-state index contributed by atoms with van der Waals surface area (Å²) in [4.78, 5) is 32.3. The third-order valence-corrected chi connectivity index (χ3v) is 7.11. The SMILES string of the molecule is CC(=O)N1CCCCCCCN(C(C)C)Cc2cc(C(=O)NCCN3CCCCC3)ccc21. The molecule has 0 spiro atoms. The number of hydrogen-bond donors (Lipinski definition) is 1. The highest BCUT2D eigenvalue weighted by Gasteiger charge is 2.21. The van der Waals surface area contributed by atoms with E-state index in [1.807, 2.05) is 23.1 Å². The van der Waals surface area contributed by atoms with Crippen molar-refractivity contribution in [1.82, 2.24) is 15.1 Å². The van der Waals surface area contributed by atoms with E-state index in [4.69, 9.17) is 0 Å². The van der Waals surface area contributed by atoms with Crippen molar-refractivity contribution in [3.8, 4) is 0 Å². The maximum atomic E-state index is 13.0. The van der Waals surface area contributed by atoms with Crippen LogP contribution in [0, 0.1) is 0 Å². The quantitative estimate of drug-likeness (QED) is 0.712. The fourth-order valence-corrected chi connectivity index (χ4v) is 5.03. The molecule has 0 aliphatic carbocycles. The number of fused-ring (bicyclic) bond motifs is 1. The fourth-order valence-electron chi connectivity index (χ4n) is 5.03. The summed E-state index contributed by atoms with van der Waals surface area (Å²) in [6.07, 6.45) is 9.67. The number of carbonyl (C=O) groups is 2. The number of hydrogen-bond acceptors (Lipinski definition) is 4. The molecule has 2 aliphatic heterocycles. The molecule has 6 nitrogen and oxygen atoms in total. The lowest BCUT2D eigenvalue weighted by Gasteiger charge is -2.31. The molecule has 1 fully saturated rings. The number of piperidine rings is 1. The van der Waals surface area contributed by atoms with Crippen LogP contribution in [0.15, 0.2) is 18.2 Å². The van der Waals surface area contributed by atoms with Gasteiger partial charge in [0.05, 0.1) is 0 Å². The van der Waals surface area contributed by atoms with Crippen molar-refractivity contribution in [2.45, 2.75) is 84.7 Å². The molecule has 2 heterocycles. The molecule has 184 valence electrons. The van der Waals surface area contributed by atoms with E-state index >= 15 is 0 Å². The normalized spacial score (nSPS) is 19.5. The number of benzene rings is 1. The van der Waals surface area contributed by atoms with E-state index in [1.165, 1.54) is 38.5 Å². The Morgan fingerprint density at radius 3 is 2.24 bits per heavy atom. The van der Waals surface area contributed by atoms with Gasteiger partial charge in [0.25, 0.3) is 5.91 Å². The molecule has 1 saturated heterocycles. The topological polar surface area (TPSA) is 55.9 Å². The molecule has 0 radical (unpaired) electrons. The van der Waals surface area contributed by atoms with Gasteiger partial charge in [0, 0.05) is 50.4 Å². The van der Waals surface area contributed by atoms with Crippen molar-refractivity contribution in [3.63, 3.8) is 0 Å². The van der Waals surface area contributed by atoms with Gasteiger partial charge >= 0.3 is 0 Å². The molecule has 3 rings (SSSR count). The smallest absolute Gasteiger partial charge is 0.251 e. The zero-order chi connectivity index (χ0) is 23.6. The number of nitrogens with one attached hydrogen (secondary N) is 1. The number of anilines is 1. The van der Waals surface area contributed by atoms with Crippen LogP contribution >= 0.6 is 0 Å². The second-order valence-electron chi connectivity index (χ2n) is 10.0. The molecule has 33 heavy (non-hydrogen) atoms. The van der Waals surface area contributed by atoms with Crippen molar-refractivity contribution in [1.29, 1.82) is 0 Å². The molecule has 1 aromatic rings. The molecule has 0 unspecified atom stereocenters. The van der Waals surface area contributed by atoms with E-state index in [2.05, 4.69) is 29.0 Å². The van der Waals surface area contributed by atoms with Crippen LogP contribution in [0.3, 0.4) is 0 Å².